The number of carbonyl (C=O) groups excluding carboxylic acids is 2. The standard InChI is InChI=1S/C14H25N3O2/c1-15-8-7-12-5-2-3-9-16(12)11-14(19)17-10-4-6-13(17)18/h12,15H,2-11H2,1H3. The van der Waals surface area contributed by atoms with Gasteiger partial charge in [-0.15, -0.1) is 0 Å². The highest BCUT2D eigenvalue weighted by Gasteiger charge is 2.30. The molecule has 2 fully saturated rings. The molecule has 0 saturated carbocycles. The molecule has 0 aliphatic carbocycles. The molecule has 19 heavy (non-hydrogen) atoms. The lowest BCUT2D eigenvalue weighted by atomic mass is 9.99. The number of hydrogen-bond acceptors (Lipinski definition) is 4. The fourth-order valence-electron chi connectivity index (χ4n) is 3.08. The van der Waals surface area contributed by atoms with Crippen LogP contribution in [0.15, 0.2) is 0 Å². The summed E-state index contributed by atoms with van der Waals surface area (Å²) in [4.78, 5) is 27.5. The molecule has 0 bridgehead atoms. The van der Waals surface area contributed by atoms with Crippen molar-refractivity contribution in [2.75, 3.05) is 33.2 Å². The summed E-state index contributed by atoms with van der Waals surface area (Å²) in [5.74, 6) is 0.00708. The Labute approximate surface area is 115 Å². The summed E-state index contributed by atoms with van der Waals surface area (Å²) in [6.45, 7) is 3.01. The van der Waals surface area contributed by atoms with Crippen LogP contribution in [-0.4, -0.2) is 60.9 Å². The second kappa shape index (κ2) is 7.01. The largest absolute Gasteiger partial charge is 0.320 e. The van der Waals surface area contributed by atoms with E-state index in [4.69, 9.17) is 0 Å². The number of nitrogens with one attached hydrogen (secondary N) is 1. The molecule has 2 rings (SSSR count). The van der Waals surface area contributed by atoms with E-state index in [1.165, 1.54) is 17.7 Å². The van der Waals surface area contributed by atoms with Gasteiger partial charge in [-0.05, 0) is 45.8 Å². The average molecular weight is 267 g/mol. The van der Waals surface area contributed by atoms with Gasteiger partial charge in [-0.3, -0.25) is 19.4 Å². The molecule has 2 amide bonds. The fraction of sp³-hybridized carbons (Fsp3) is 0.857. The summed E-state index contributed by atoms with van der Waals surface area (Å²) in [7, 11) is 1.96. The smallest absolute Gasteiger partial charge is 0.243 e. The van der Waals surface area contributed by atoms with Crippen LogP contribution in [0.25, 0.3) is 0 Å². The third-order valence-corrected chi connectivity index (χ3v) is 4.19. The van der Waals surface area contributed by atoms with Gasteiger partial charge < -0.3 is 5.32 Å². The number of nitrogens with zero attached hydrogens (tertiary/aromatic N) is 2. The highest BCUT2D eigenvalue weighted by molar-refractivity contribution is 5.97. The molecule has 2 aliphatic rings. The summed E-state index contributed by atoms with van der Waals surface area (Å²) in [6, 6.07) is 0.489. The van der Waals surface area contributed by atoms with Gasteiger partial charge in [0.25, 0.3) is 0 Å². The Kier molecular flexibility index (Phi) is 5.34. The molecule has 0 aromatic carbocycles. The van der Waals surface area contributed by atoms with Crippen LogP contribution in [0.1, 0.15) is 38.5 Å². The van der Waals surface area contributed by atoms with Crippen LogP contribution in [0.3, 0.4) is 0 Å². The van der Waals surface area contributed by atoms with Gasteiger partial charge in [0.1, 0.15) is 0 Å². The number of rotatable bonds is 5. The molecule has 2 heterocycles. The molecule has 0 radical (unpaired) electrons. The van der Waals surface area contributed by atoms with Gasteiger partial charge in [0, 0.05) is 19.0 Å². The Morgan fingerprint density at radius 1 is 1.32 bits per heavy atom. The molecule has 2 aliphatic heterocycles. The molecular formula is C14H25N3O2. The number of imide groups is 1. The maximum Gasteiger partial charge on any atom is 0.243 e. The predicted octanol–water partition coefficient (Wildman–Crippen LogP) is 0.599. The van der Waals surface area contributed by atoms with Crippen molar-refractivity contribution in [3.8, 4) is 0 Å². The molecule has 5 heteroatoms. The fourth-order valence-corrected chi connectivity index (χ4v) is 3.08. The van der Waals surface area contributed by atoms with E-state index in [0.717, 1.165) is 32.4 Å². The summed E-state index contributed by atoms with van der Waals surface area (Å²) in [5, 5.41) is 3.17. The third kappa shape index (κ3) is 3.76. The van der Waals surface area contributed by atoms with Crippen LogP contribution < -0.4 is 5.32 Å². The van der Waals surface area contributed by atoms with Crippen molar-refractivity contribution >= 4 is 11.8 Å². The molecule has 1 atom stereocenters. The molecule has 0 spiro atoms. The molecule has 1 unspecified atom stereocenters. The van der Waals surface area contributed by atoms with E-state index in [2.05, 4.69) is 10.2 Å². The predicted molar refractivity (Wildman–Crippen MR) is 73.7 cm³/mol. The normalized spacial score (nSPS) is 25.0. The van der Waals surface area contributed by atoms with E-state index >= 15 is 0 Å². The van der Waals surface area contributed by atoms with Crippen LogP contribution in [-0.2, 0) is 9.59 Å². The van der Waals surface area contributed by atoms with Crippen LogP contribution in [0, 0.1) is 0 Å². The van der Waals surface area contributed by atoms with E-state index < -0.39 is 0 Å². The number of carbonyl (C=O) groups is 2. The van der Waals surface area contributed by atoms with Crippen molar-refractivity contribution in [3.05, 3.63) is 0 Å². The van der Waals surface area contributed by atoms with Gasteiger partial charge in [0.05, 0.1) is 6.54 Å². The quantitative estimate of drug-likeness (QED) is 0.792. The summed E-state index contributed by atoms with van der Waals surface area (Å²) in [5.41, 5.74) is 0. The lowest BCUT2D eigenvalue weighted by Crippen LogP contribution is -2.47. The van der Waals surface area contributed by atoms with Crippen molar-refractivity contribution in [3.63, 3.8) is 0 Å². The Hall–Kier alpha value is -0.940. The zero-order valence-corrected chi connectivity index (χ0v) is 11.9. The number of hydrogen-bond donors (Lipinski definition) is 1. The molecule has 5 nitrogen and oxygen atoms in total. The highest BCUT2D eigenvalue weighted by atomic mass is 16.2. The van der Waals surface area contributed by atoms with E-state index in [1.807, 2.05) is 7.05 Å². The summed E-state index contributed by atoms with van der Waals surface area (Å²) in [6.07, 6.45) is 6.03. The summed E-state index contributed by atoms with van der Waals surface area (Å²) < 4.78 is 0. The monoisotopic (exact) mass is 267 g/mol. The summed E-state index contributed by atoms with van der Waals surface area (Å²) >= 11 is 0. The van der Waals surface area contributed by atoms with E-state index in [0.29, 0.717) is 25.6 Å². The van der Waals surface area contributed by atoms with Gasteiger partial charge in [-0.1, -0.05) is 6.42 Å². The van der Waals surface area contributed by atoms with Crippen LogP contribution >= 0.6 is 0 Å². The maximum absolute atomic E-state index is 12.2. The highest BCUT2D eigenvalue weighted by Crippen LogP contribution is 2.20. The second-order valence-electron chi connectivity index (χ2n) is 5.55. The van der Waals surface area contributed by atoms with E-state index in [9.17, 15) is 9.59 Å². The van der Waals surface area contributed by atoms with Crippen LogP contribution in [0.2, 0.25) is 0 Å². The molecule has 0 aromatic rings. The average Bonchev–Trinajstić information content (AvgIpc) is 2.84. The lowest BCUT2D eigenvalue weighted by molar-refractivity contribution is -0.143. The van der Waals surface area contributed by atoms with E-state index in [-0.39, 0.29) is 11.8 Å². The second-order valence-corrected chi connectivity index (χ2v) is 5.55. The molecule has 2 saturated heterocycles. The van der Waals surface area contributed by atoms with Crippen molar-refractivity contribution < 1.29 is 9.59 Å². The first kappa shape index (κ1) is 14.5. The Morgan fingerprint density at radius 3 is 2.84 bits per heavy atom. The minimum Gasteiger partial charge on any atom is -0.320 e. The first-order valence-corrected chi connectivity index (χ1v) is 7.44. The maximum atomic E-state index is 12.2. The first-order chi connectivity index (χ1) is 9.22. The van der Waals surface area contributed by atoms with Gasteiger partial charge in [-0.2, -0.15) is 0 Å². The SMILES string of the molecule is CNCCC1CCCCN1CC(=O)N1CCCC1=O. The number of amides is 2. The molecule has 1 N–H and O–H groups in total. The van der Waals surface area contributed by atoms with Gasteiger partial charge in [0.15, 0.2) is 0 Å². The first-order valence-electron chi connectivity index (χ1n) is 7.44. The van der Waals surface area contributed by atoms with Gasteiger partial charge in [0.2, 0.25) is 11.8 Å². The van der Waals surface area contributed by atoms with Gasteiger partial charge >= 0.3 is 0 Å². The molecule has 108 valence electrons. The van der Waals surface area contributed by atoms with Gasteiger partial charge in [-0.25, -0.2) is 0 Å². The number of likely N-dealkylation sites (tertiary alicyclic amines) is 2. The Bertz CT molecular complexity index is 333. The topological polar surface area (TPSA) is 52.7 Å². The minimum absolute atomic E-state index is 0.00106. The molecular weight excluding hydrogens is 242 g/mol. The van der Waals surface area contributed by atoms with Crippen molar-refractivity contribution in [1.82, 2.24) is 15.1 Å². The molecule has 0 aromatic heterocycles. The Morgan fingerprint density at radius 2 is 2.16 bits per heavy atom. The zero-order chi connectivity index (χ0) is 13.7. The zero-order valence-electron chi connectivity index (χ0n) is 11.9. The Balaban J connectivity index is 1.87. The number of piperidine rings is 1. The van der Waals surface area contributed by atoms with Crippen molar-refractivity contribution in [2.45, 2.75) is 44.6 Å². The van der Waals surface area contributed by atoms with E-state index in [1.54, 1.807) is 0 Å². The van der Waals surface area contributed by atoms with Crippen molar-refractivity contribution in [2.24, 2.45) is 0 Å². The van der Waals surface area contributed by atoms with Crippen molar-refractivity contribution in [1.29, 1.82) is 0 Å². The minimum atomic E-state index is -0.00106. The van der Waals surface area contributed by atoms with Crippen LogP contribution in [0.5, 0.6) is 0 Å². The lowest BCUT2D eigenvalue weighted by Gasteiger charge is -2.36. The van der Waals surface area contributed by atoms with Crippen LogP contribution in [0.4, 0.5) is 0 Å². The third-order valence-electron chi connectivity index (χ3n) is 4.19.